The Hall–Kier alpha value is -4.01. The Labute approximate surface area is 177 Å². The van der Waals surface area contributed by atoms with Crippen LogP contribution in [0, 0.1) is 6.92 Å². The van der Waals surface area contributed by atoms with E-state index in [4.69, 9.17) is 10.5 Å². The summed E-state index contributed by atoms with van der Waals surface area (Å²) in [6.07, 6.45) is -1.07. The van der Waals surface area contributed by atoms with Gasteiger partial charge in [-0.05, 0) is 63.2 Å². The Balaban J connectivity index is 1.73. The number of nitrogens with zero attached hydrogens (tertiary/aromatic N) is 2. The minimum Gasteiger partial charge on any atom is -0.449 e. The van der Waals surface area contributed by atoms with E-state index in [-0.39, 0.29) is 11.1 Å². The molecule has 1 heterocycles. The molecule has 160 valence electrons. The molecule has 2 amide bonds. The monoisotopic (exact) mass is 422 g/mol. The molecule has 31 heavy (non-hydrogen) atoms. The van der Waals surface area contributed by atoms with Crippen LogP contribution >= 0.6 is 0 Å². The van der Waals surface area contributed by atoms with Crippen LogP contribution in [0.1, 0.15) is 40.3 Å². The molecule has 0 aliphatic carbocycles. The lowest BCUT2D eigenvalue weighted by atomic mass is 10.2. The first kappa shape index (κ1) is 21.7. The molecule has 3 N–H and O–H groups in total. The number of benzene rings is 2. The van der Waals surface area contributed by atoms with Crippen LogP contribution in [0.2, 0.25) is 0 Å². The van der Waals surface area contributed by atoms with Crippen molar-refractivity contribution in [2.24, 2.45) is 5.73 Å². The van der Waals surface area contributed by atoms with Gasteiger partial charge in [-0.25, -0.2) is 9.78 Å². The molecule has 0 unspecified atom stereocenters. The third-order valence-corrected chi connectivity index (χ3v) is 4.75. The number of hydrogen-bond donors (Lipinski definition) is 2. The molecule has 1 atom stereocenters. The zero-order chi connectivity index (χ0) is 22.7. The SMILES string of the molecule is CCn1c(=O)c(C)nc2cc(C(=O)O[C@@H](C)C(=O)Nc3ccc(C(N)=O)cc3)ccc21. The average Bonchev–Trinajstić information content (AvgIpc) is 2.74. The summed E-state index contributed by atoms with van der Waals surface area (Å²) in [5.41, 5.74) is 7.39. The van der Waals surface area contributed by atoms with Gasteiger partial charge in [-0.15, -0.1) is 0 Å². The number of nitrogens with two attached hydrogens (primary N) is 1. The number of carbonyl (C=O) groups excluding carboxylic acids is 3. The number of esters is 1. The molecule has 0 spiro atoms. The van der Waals surface area contributed by atoms with Crippen LogP contribution < -0.4 is 16.6 Å². The zero-order valence-electron chi connectivity index (χ0n) is 17.3. The van der Waals surface area contributed by atoms with Gasteiger partial charge in [0.15, 0.2) is 6.10 Å². The van der Waals surface area contributed by atoms with E-state index in [1.165, 1.54) is 43.3 Å². The number of aromatic nitrogens is 2. The Morgan fingerprint density at radius 1 is 1.13 bits per heavy atom. The van der Waals surface area contributed by atoms with Crippen LogP contribution in [-0.2, 0) is 16.1 Å². The van der Waals surface area contributed by atoms with E-state index in [0.717, 1.165) is 0 Å². The summed E-state index contributed by atoms with van der Waals surface area (Å²) in [6, 6.07) is 10.7. The number of carbonyl (C=O) groups is 3. The largest absolute Gasteiger partial charge is 0.449 e. The fraction of sp³-hybridized carbons (Fsp3) is 0.227. The number of aryl methyl sites for hydroxylation is 2. The molecule has 3 aromatic rings. The summed E-state index contributed by atoms with van der Waals surface area (Å²) < 4.78 is 6.85. The lowest BCUT2D eigenvalue weighted by Gasteiger charge is -2.14. The highest BCUT2D eigenvalue weighted by Gasteiger charge is 2.20. The van der Waals surface area contributed by atoms with Crippen LogP contribution in [0.25, 0.3) is 11.0 Å². The van der Waals surface area contributed by atoms with E-state index in [1.807, 2.05) is 6.92 Å². The number of fused-ring (bicyclic) bond motifs is 1. The first-order chi connectivity index (χ1) is 14.7. The molecular formula is C22H22N4O5. The van der Waals surface area contributed by atoms with E-state index in [1.54, 1.807) is 17.6 Å². The number of hydrogen-bond acceptors (Lipinski definition) is 6. The van der Waals surface area contributed by atoms with E-state index in [9.17, 15) is 19.2 Å². The maximum atomic E-state index is 12.5. The second kappa shape index (κ2) is 8.78. The summed E-state index contributed by atoms with van der Waals surface area (Å²) in [6.45, 7) is 5.38. The fourth-order valence-electron chi connectivity index (χ4n) is 3.06. The second-order valence-corrected chi connectivity index (χ2v) is 6.93. The maximum Gasteiger partial charge on any atom is 0.338 e. The Kier molecular flexibility index (Phi) is 6.15. The quantitative estimate of drug-likeness (QED) is 0.584. The molecule has 0 fully saturated rings. The standard InChI is InChI=1S/C22H22N4O5/c1-4-26-18-10-7-15(11-17(18)24-12(2)21(26)29)22(30)31-13(3)20(28)25-16-8-5-14(6-9-16)19(23)27/h5-11,13H,4H2,1-3H3,(H2,23,27)(H,25,28)/t13-/m0/s1. The molecule has 0 bridgehead atoms. The summed E-state index contributed by atoms with van der Waals surface area (Å²) >= 11 is 0. The molecule has 0 aliphatic rings. The van der Waals surface area contributed by atoms with Gasteiger partial charge >= 0.3 is 5.97 Å². The normalized spacial score (nSPS) is 11.7. The minimum atomic E-state index is -1.07. The van der Waals surface area contributed by atoms with Crippen molar-refractivity contribution in [2.45, 2.75) is 33.4 Å². The first-order valence-corrected chi connectivity index (χ1v) is 9.64. The van der Waals surface area contributed by atoms with Crippen molar-refractivity contribution in [3.63, 3.8) is 0 Å². The van der Waals surface area contributed by atoms with Gasteiger partial charge in [0.2, 0.25) is 5.91 Å². The van der Waals surface area contributed by atoms with Gasteiger partial charge in [-0.2, -0.15) is 0 Å². The molecule has 3 rings (SSSR count). The molecule has 2 aromatic carbocycles. The van der Waals surface area contributed by atoms with Gasteiger partial charge in [0.05, 0.1) is 16.6 Å². The lowest BCUT2D eigenvalue weighted by Crippen LogP contribution is -2.30. The number of ether oxygens (including phenoxy) is 1. The van der Waals surface area contributed by atoms with Crippen LogP contribution in [0.3, 0.4) is 0 Å². The van der Waals surface area contributed by atoms with E-state index in [0.29, 0.717) is 34.5 Å². The van der Waals surface area contributed by atoms with Crippen molar-refractivity contribution in [2.75, 3.05) is 5.32 Å². The van der Waals surface area contributed by atoms with Gasteiger partial charge in [0, 0.05) is 17.8 Å². The minimum absolute atomic E-state index is 0.181. The van der Waals surface area contributed by atoms with Crippen molar-refractivity contribution in [3.8, 4) is 0 Å². The predicted octanol–water partition coefficient (Wildman–Crippen LogP) is 2.01. The van der Waals surface area contributed by atoms with Crippen LogP contribution in [0.5, 0.6) is 0 Å². The van der Waals surface area contributed by atoms with Crippen molar-refractivity contribution in [1.82, 2.24) is 9.55 Å². The van der Waals surface area contributed by atoms with E-state index < -0.39 is 23.9 Å². The lowest BCUT2D eigenvalue weighted by molar-refractivity contribution is -0.123. The summed E-state index contributed by atoms with van der Waals surface area (Å²) in [4.78, 5) is 52.4. The van der Waals surface area contributed by atoms with Crippen molar-refractivity contribution < 1.29 is 19.1 Å². The van der Waals surface area contributed by atoms with Crippen molar-refractivity contribution in [3.05, 3.63) is 69.6 Å². The zero-order valence-corrected chi connectivity index (χ0v) is 17.3. The predicted molar refractivity (Wildman–Crippen MR) is 115 cm³/mol. The van der Waals surface area contributed by atoms with Gasteiger partial charge in [0.1, 0.15) is 5.69 Å². The highest BCUT2D eigenvalue weighted by atomic mass is 16.5. The van der Waals surface area contributed by atoms with E-state index >= 15 is 0 Å². The fourth-order valence-corrected chi connectivity index (χ4v) is 3.06. The van der Waals surface area contributed by atoms with Crippen LogP contribution in [-0.4, -0.2) is 33.4 Å². The number of rotatable bonds is 6. The summed E-state index contributed by atoms with van der Waals surface area (Å²) in [5.74, 6) is -1.80. The highest BCUT2D eigenvalue weighted by molar-refractivity contribution is 5.99. The highest BCUT2D eigenvalue weighted by Crippen LogP contribution is 2.16. The smallest absolute Gasteiger partial charge is 0.338 e. The Bertz CT molecular complexity index is 1230. The first-order valence-electron chi connectivity index (χ1n) is 9.64. The van der Waals surface area contributed by atoms with Crippen LogP contribution in [0.15, 0.2) is 47.3 Å². The molecule has 0 saturated carbocycles. The van der Waals surface area contributed by atoms with Gasteiger partial charge in [0.25, 0.3) is 11.5 Å². The molecule has 0 saturated heterocycles. The summed E-state index contributed by atoms with van der Waals surface area (Å²) in [5, 5.41) is 2.60. The van der Waals surface area contributed by atoms with Gasteiger partial charge < -0.3 is 20.4 Å². The van der Waals surface area contributed by atoms with Gasteiger partial charge in [-0.3, -0.25) is 14.4 Å². The molecule has 0 aliphatic heterocycles. The van der Waals surface area contributed by atoms with Crippen molar-refractivity contribution >= 4 is 34.5 Å². The number of amides is 2. The van der Waals surface area contributed by atoms with E-state index in [2.05, 4.69) is 10.3 Å². The number of anilines is 1. The molecular weight excluding hydrogens is 400 g/mol. The average molecular weight is 422 g/mol. The third kappa shape index (κ3) is 4.61. The summed E-state index contributed by atoms with van der Waals surface area (Å²) in [7, 11) is 0. The third-order valence-electron chi connectivity index (χ3n) is 4.75. The number of primary amides is 1. The molecule has 0 radical (unpaired) electrons. The van der Waals surface area contributed by atoms with Crippen LogP contribution in [0.4, 0.5) is 5.69 Å². The molecule has 9 heteroatoms. The van der Waals surface area contributed by atoms with Gasteiger partial charge in [-0.1, -0.05) is 0 Å². The Morgan fingerprint density at radius 2 is 1.77 bits per heavy atom. The number of nitrogens with one attached hydrogen (secondary N) is 1. The molecule has 1 aromatic heterocycles. The molecule has 9 nitrogen and oxygen atoms in total. The topological polar surface area (TPSA) is 133 Å². The van der Waals surface area contributed by atoms with Crippen molar-refractivity contribution in [1.29, 1.82) is 0 Å². The Morgan fingerprint density at radius 3 is 2.39 bits per heavy atom. The second-order valence-electron chi connectivity index (χ2n) is 6.93. The maximum absolute atomic E-state index is 12.5.